The summed E-state index contributed by atoms with van der Waals surface area (Å²) in [6, 6.07) is 22.7. The summed E-state index contributed by atoms with van der Waals surface area (Å²) in [6.07, 6.45) is 1.90. The Morgan fingerprint density at radius 1 is 1.00 bits per heavy atom. The molecule has 2 heterocycles. The first-order valence-electron chi connectivity index (χ1n) is 12.3. The molecule has 8 heteroatoms. The standard InChI is InChI=1S/C30H26ClFN4O2/c1-19(22-6-4-3-5-7-22)33-30(38)28-27-18-35(20(2)37)17-23(16-21-8-12-25(32)13-9-21)29(27)36(34-28)26-14-10-24(31)11-15-26/h3-16,19H,17-18H2,1-2H3,(H,33,38)/t19-/m1/s1. The quantitative estimate of drug-likeness (QED) is 0.342. The van der Waals surface area contributed by atoms with Crippen molar-refractivity contribution in [2.75, 3.05) is 6.54 Å². The van der Waals surface area contributed by atoms with E-state index in [1.807, 2.05) is 55.5 Å². The minimum atomic E-state index is -0.336. The average molecular weight is 529 g/mol. The van der Waals surface area contributed by atoms with Crippen LogP contribution in [0, 0.1) is 5.82 Å². The lowest BCUT2D eigenvalue weighted by Gasteiger charge is -2.29. The van der Waals surface area contributed by atoms with Crippen LogP contribution >= 0.6 is 11.6 Å². The molecule has 0 bridgehead atoms. The molecular formula is C30H26ClFN4O2. The molecule has 6 nitrogen and oxygen atoms in total. The number of benzene rings is 3. The van der Waals surface area contributed by atoms with Crippen LogP contribution in [0.5, 0.6) is 0 Å². The number of halogens is 2. The number of carbonyl (C=O) groups is 2. The fourth-order valence-corrected chi connectivity index (χ4v) is 4.72. The first kappa shape index (κ1) is 25.4. The molecule has 4 aromatic rings. The highest BCUT2D eigenvalue weighted by Crippen LogP contribution is 2.34. The topological polar surface area (TPSA) is 67.2 Å². The Labute approximate surface area is 225 Å². The second kappa shape index (κ2) is 10.6. The van der Waals surface area contributed by atoms with Crippen molar-refractivity contribution in [3.05, 3.63) is 118 Å². The zero-order valence-electron chi connectivity index (χ0n) is 21.0. The van der Waals surface area contributed by atoms with Crippen molar-refractivity contribution < 1.29 is 14.0 Å². The van der Waals surface area contributed by atoms with Crippen LogP contribution in [-0.2, 0) is 11.3 Å². The second-order valence-electron chi connectivity index (χ2n) is 9.27. The summed E-state index contributed by atoms with van der Waals surface area (Å²) in [5, 5.41) is 8.39. The summed E-state index contributed by atoms with van der Waals surface area (Å²) in [5.74, 6) is -0.791. The van der Waals surface area contributed by atoms with E-state index in [0.29, 0.717) is 17.1 Å². The molecule has 0 saturated carbocycles. The maximum atomic E-state index is 13.6. The molecule has 38 heavy (non-hydrogen) atoms. The van der Waals surface area contributed by atoms with Gasteiger partial charge >= 0.3 is 0 Å². The molecule has 0 saturated heterocycles. The lowest BCUT2D eigenvalue weighted by atomic mass is 9.97. The Balaban J connectivity index is 1.65. The second-order valence-corrected chi connectivity index (χ2v) is 9.70. The molecule has 0 radical (unpaired) electrons. The number of amides is 2. The molecular weight excluding hydrogens is 503 g/mol. The summed E-state index contributed by atoms with van der Waals surface area (Å²) >= 11 is 6.14. The molecule has 5 rings (SSSR count). The molecule has 0 spiro atoms. The molecule has 192 valence electrons. The number of rotatable bonds is 5. The molecule has 0 aliphatic carbocycles. The van der Waals surface area contributed by atoms with E-state index in [-0.39, 0.29) is 35.9 Å². The highest BCUT2D eigenvalue weighted by Gasteiger charge is 2.33. The molecule has 2 amide bonds. The number of nitrogens with zero attached hydrogens (tertiary/aromatic N) is 3. The van der Waals surface area contributed by atoms with E-state index in [1.165, 1.54) is 19.1 Å². The third-order valence-electron chi connectivity index (χ3n) is 6.59. The number of carbonyl (C=O) groups excluding carboxylic acids is 2. The van der Waals surface area contributed by atoms with Crippen molar-refractivity contribution in [2.24, 2.45) is 0 Å². The number of fused-ring (bicyclic) bond motifs is 1. The largest absolute Gasteiger partial charge is 0.344 e. The predicted molar refractivity (Wildman–Crippen MR) is 146 cm³/mol. The molecule has 0 fully saturated rings. The fourth-order valence-electron chi connectivity index (χ4n) is 4.60. The Bertz CT molecular complexity index is 1510. The molecule has 1 aromatic heterocycles. The summed E-state index contributed by atoms with van der Waals surface area (Å²) in [4.78, 5) is 27.8. The van der Waals surface area contributed by atoms with E-state index >= 15 is 0 Å². The first-order chi connectivity index (χ1) is 18.3. The highest BCUT2D eigenvalue weighted by atomic mass is 35.5. The van der Waals surface area contributed by atoms with Crippen molar-refractivity contribution in [3.63, 3.8) is 0 Å². The Morgan fingerprint density at radius 3 is 2.34 bits per heavy atom. The number of nitrogens with one attached hydrogen (secondary N) is 1. The first-order valence-corrected chi connectivity index (χ1v) is 12.6. The maximum absolute atomic E-state index is 13.6. The van der Waals surface area contributed by atoms with Crippen molar-refractivity contribution >= 4 is 35.1 Å². The molecule has 1 aliphatic heterocycles. The average Bonchev–Trinajstić information content (AvgIpc) is 3.31. The van der Waals surface area contributed by atoms with Gasteiger partial charge in [0.15, 0.2) is 5.69 Å². The van der Waals surface area contributed by atoms with Crippen molar-refractivity contribution in [1.29, 1.82) is 0 Å². The van der Waals surface area contributed by atoms with Gasteiger partial charge in [-0.2, -0.15) is 5.10 Å². The number of aromatic nitrogens is 2. The van der Waals surface area contributed by atoms with Crippen LogP contribution in [0.25, 0.3) is 17.3 Å². The SMILES string of the molecule is CC(=O)N1CC(=Cc2ccc(F)cc2)c2c(c(C(=O)N[C@H](C)c3ccccc3)nn2-c2ccc(Cl)cc2)C1. The van der Waals surface area contributed by atoms with Gasteiger partial charge in [0.1, 0.15) is 5.82 Å². The highest BCUT2D eigenvalue weighted by molar-refractivity contribution is 6.30. The van der Waals surface area contributed by atoms with Gasteiger partial charge in [-0.3, -0.25) is 9.59 Å². The monoisotopic (exact) mass is 528 g/mol. The minimum absolute atomic E-state index is 0.121. The summed E-state index contributed by atoms with van der Waals surface area (Å²) < 4.78 is 15.3. The predicted octanol–water partition coefficient (Wildman–Crippen LogP) is 6.06. The number of hydrogen-bond donors (Lipinski definition) is 1. The molecule has 3 aromatic carbocycles. The van der Waals surface area contributed by atoms with E-state index in [0.717, 1.165) is 28.1 Å². The maximum Gasteiger partial charge on any atom is 0.272 e. The van der Waals surface area contributed by atoms with Crippen molar-refractivity contribution in [2.45, 2.75) is 26.4 Å². The third kappa shape index (κ3) is 5.24. The zero-order chi connectivity index (χ0) is 26.8. The van der Waals surface area contributed by atoms with Crippen LogP contribution in [0.4, 0.5) is 4.39 Å². The van der Waals surface area contributed by atoms with E-state index in [1.54, 1.807) is 33.8 Å². The lowest BCUT2D eigenvalue weighted by molar-refractivity contribution is -0.128. The summed E-state index contributed by atoms with van der Waals surface area (Å²) in [7, 11) is 0. The van der Waals surface area contributed by atoms with Crippen LogP contribution < -0.4 is 5.32 Å². The van der Waals surface area contributed by atoms with E-state index in [2.05, 4.69) is 5.32 Å². The van der Waals surface area contributed by atoms with Gasteiger partial charge in [0.25, 0.3) is 5.91 Å². The van der Waals surface area contributed by atoms with E-state index < -0.39 is 0 Å². The van der Waals surface area contributed by atoms with E-state index in [4.69, 9.17) is 16.7 Å². The van der Waals surface area contributed by atoms with Gasteiger partial charge in [0.2, 0.25) is 5.91 Å². The Kier molecular flexibility index (Phi) is 7.11. The summed E-state index contributed by atoms with van der Waals surface area (Å²) in [5.41, 5.74) is 4.86. The zero-order valence-corrected chi connectivity index (χ0v) is 21.7. The van der Waals surface area contributed by atoms with Gasteiger partial charge < -0.3 is 10.2 Å². The van der Waals surface area contributed by atoms with Crippen molar-refractivity contribution in [1.82, 2.24) is 20.0 Å². The lowest BCUT2D eigenvalue weighted by Crippen LogP contribution is -2.35. The third-order valence-corrected chi connectivity index (χ3v) is 6.84. The molecule has 0 unspecified atom stereocenters. The number of hydrogen-bond acceptors (Lipinski definition) is 3. The van der Waals surface area contributed by atoms with Gasteiger partial charge in [-0.05, 0) is 66.1 Å². The molecule has 1 atom stereocenters. The fraction of sp³-hybridized carbons (Fsp3) is 0.167. The van der Waals surface area contributed by atoms with Gasteiger partial charge in [0, 0.05) is 24.1 Å². The Hall–Kier alpha value is -4.23. The van der Waals surface area contributed by atoms with Crippen LogP contribution in [0.1, 0.15) is 52.8 Å². The van der Waals surface area contributed by atoms with Crippen LogP contribution in [0.15, 0.2) is 78.9 Å². The van der Waals surface area contributed by atoms with Crippen LogP contribution in [-0.4, -0.2) is 33.0 Å². The summed E-state index contributed by atoms with van der Waals surface area (Å²) in [6.45, 7) is 3.97. The minimum Gasteiger partial charge on any atom is -0.344 e. The van der Waals surface area contributed by atoms with Gasteiger partial charge in [-0.25, -0.2) is 9.07 Å². The normalized spacial score (nSPS) is 14.7. The van der Waals surface area contributed by atoms with Gasteiger partial charge in [0.05, 0.1) is 24.0 Å². The molecule has 1 aliphatic rings. The van der Waals surface area contributed by atoms with Crippen LogP contribution in [0.3, 0.4) is 0 Å². The van der Waals surface area contributed by atoms with Crippen molar-refractivity contribution in [3.8, 4) is 5.69 Å². The van der Waals surface area contributed by atoms with Gasteiger partial charge in [-0.1, -0.05) is 54.1 Å². The smallest absolute Gasteiger partial charge is 0.272 e. The van der Waals surface area contributed by atoms with E-state index in [9.17, 15) is 14.0 Å². The van der Waals surface area contributed by atoms with Crippen LogP contribution in [0.2, 0.25) is 5.02 Å². The molecule has 1 N–H and O–H groups in total. The Morgan fingerprint density at radius 2 is 1.68 bits per heavy atom. The van der Waals surface area contributed by atoms with Gasteiger partial charge in [-0.15, -0.1) is 0 Å².